The molecule has 2 rings (SSSR count). The first-order chi connectivity index (χ1) is 11.4. The van der Waals surface area contributed by atoms with E-state index < -0.39 is 45.8 Å². The molecule has 0 saturated carbocycles. The third-order valence-electron chi connectivity index (χ3n) is 2.50. The maximum Gasteiger partial charge on any atom is 0.387 e. The molecular weight excluding hydrogens is 328 g/mol. The molecule has 10 heteroatoms. The van der Waals surface area contributed by atoms with Gasteiger partial charge in [-0.3, -0.25) is 9.59 Å². The summed E-state index contributed by atoms with van der Waals surface area (Å²) < 4.78 is 16.8. The van der Waals surface area contributed by atoms with Crippen molar-refractivity contribution in [2.75, 3.05) is 0 Å². The highest BCUT2D eigenvalue weighted by Crippen LogP contribution is 2.14. The smallest absolute Gasteiger partial charge is 0.387 e. The quantitative estimate of drug-likeness (QED) is 0.546. The third-order valence-corrected chi connectivity index (χ3v) is 2.50. The first-order valence-corrected chi connectivity index (χ1v) is 6.14. The molecule has 0 atom stereocenters. The van der Waals surface area contributed by atoms with Crippen LogP contribution in [0.3, 0.4) is 0 Å². The number of carbonyl (C=O) groups excluding carboxylic acids is 2. The van der Waals surface area contributed by atoms with Crippen LogP contribution in [0.25, 0.3) is 5.57 Å². The Bertz CT molecular complexity index is 960. The van der Waals surface area contributed by atoms with Crippen molar-refractivity contribution in [3.05, 3.63) is 62.8 Å². The molecule has 0 amide bonds. The number of hydrogen-bond donors (Lipinski definition) is 2. The van der Waals surface area contributed by atoms with E-state index in [1.807, 2.05) is 0 Å². The minimum atomic E-state index is -1.37. The van der Waals surface area contributed by atoms with Gasteiger partial charge in [-0.25, -0.2) is 27.9 Å². The van der Waals surface area contributed by atoms with Gasteiger partial charge in [-0.05, 0) is 18.2 Å². The zero-order valence-electron chi connectivity index (χ0n) is 11.6. The van der Waals surface area contributed by atoms with E-state index in [0.29, 0.717) is 12.1 Å². The lowest BCUT2D eigenvalue weighted by Crippen LogP contribution is -2.15. The summed E-state index contributed by atoms with van der Waals surface area (Å²) in [4.78, 5) is 46.7. The monoisotopic (exact) mass is 336 g/mol. The van der Waals surface area contributed by atoms with Gasteiger partial charge in [0.25, 0.3) is 0 Å². The van der Waals surface area contributed by atoms with Gasteiger partial charge in [0.15, 0.2) is 11.6 Å². The maximum absolute atomic E-state index is 11.9. The second-order valence-electron chi connectivity index (χ2n) is 4.17. The van der Waals surface area contributed by atoms with Crippen LogP contribution in [0, 0.1) is 0 Å². The van der Waals surface area contributed by atoms with E-state index in [1.165, 1.54) is 0 Å². The molecular formula is C14H8O10. The zero-order valence-corrected chi connectivity index (χ0v) is 11.6. The standard InChI is InChI=1S/C14H8O10/c15-7-1-2-10(16)8(5-7)9-6-13(19)23-21-11(17)3-4-12(18)22-24-14(9)20/h1-6,17-18H. The Morgan fingerprint density at radius 3 is 2.08 bits per heavy atom. The predicted octanol–water partition coefficient (Wildman–Crippen LogP) is 0.530. The van der Waals surface area contributed by atoms with E-state index >= 15 is 0 Å². The van der Waals surface area contributed by atoms with Crippen LogP contribution in [0.5, 0.6) is 11.9 Å². The minimum absolute atomic E-state index is 0.464. The summed E-state index contributed by atoms with van der Waals surface area (Å²) in [5, 5.41) is 18.4. The first kappa shape index (κ1) is 16.5. The summed E-state index contributed by atoms with van der Waals surface area (Å²) in [6.45, 7) is 0. The van der Waals surface area contributed by atoms with Crippen molar-refractivity contribution in [3.63, 3.8) is 0 Å². The molecule has 0 bridgehead atoms. The lowest BCUT2D eigenvalue weighted by atomic mass is 9.98. The van der Waals surface area contributed by atoms with Crippen molar-refractivity contribution in [1.82, 2.24) is 0 Å². The fourth-order valence-electron chi connectivity index (χ4n) is 1.52. The third kappa shape index (κ3) is 4.10. The van der Waals surface area contributed by atoms with E-state index in [4.69, 9.17) is 0 Å². The Morgan fingerprint density at radius 2 is 1.42 bits per heavy atom. The van der Waals surface area contributed by atoms with Crippen molar-refractivity contribution in [3.8, 4) is 11.9 Å². The van der Waals surface area contributed by atoms with Crippen LogP contribution < -0.4 is 11.3 Å². The molecule has 1 heterocycles. The molecule has 2 N–H and O–H groups in total. The van der Waals surface area contributed by atoms with Crippen LogP contribution in [0.1, 0.15) is 5.56 Å². The Morgan fingerprint density at radius 1 is 0.792 bits per heavy atom. The largest absolute Gasteiger partial charge is 0.478 e. The Labute approximate surface area is 131 Å². The minimum Gasteiger partial charge on any atom is -0.478 e. The van der Waals surface area contributed by atoms with Crippen molar-refractivity contribution in [1.29, 1.82) is 0 Å². The van der Waals surface area contributed by atoms with Gasteiger partial charge >= 0.3 is 23.1 Å². The highest BCUT2D eigenvalue weighted by atomic mass is 17.0. The molecule has 0 radical (unpaired) electrons. The number of rotatable bonds is 1. The molecule has 1 aromatic heterocycles. The second-order valence-corrected chi connectivity index (χ2v) is 4.17. The summed E-state index contributed by atoms with van der Waals surface area (Å²) in [5.41, 5.74) is -3.83. The van der Waals surface area contributed by atoms with Crippen LogP contribution >= 0.6 is 0 Å². The Hall–Kier alpha value is -3.82. The molecule has 0 saturated heterocycles. The highest BCUT2D eigenvalue weighted by molar-refractivity contribution is 6.33. The van der Waals surface area contributed by atoms with Crippen LogP contribution in [0.4, 0.5) is 0 Å². The molecule has 0 aromatic carbocycles. The summed E-state index contributed by atoms with van der Waals surface area (Å²) in [7, 11) is 0. The molecule has 124 valence electrons. The van der Waals surface area contributed by atoms with Gasteiger partial charge in [-0.15, -0.1) is 0 Å². The van der Waals surface area contributed by atoms with Gasteiger partial charge in [0.1, 0.15) is 0 Å². The van der Waals surface area contributed by atoms with Crippen molar-refractivity contribution >= 4 is 17.1 Å². The molecule has 0 fully saturated rings. The highest BCUT2D eigenvalue weighted by Gasteiger charge is 2.19. The Balaban J connectivity index is 2.85. The van der Waals surface area contributed by atoms with Gasteiger partial charge in [0, 0.05) is 23.8 Å². The van der Waals surface area contributed by atoms with E-state index in [9.17, 15) is 29.4 Å². The molecule has 1 aliphatic carbocycles. The molecule has 1 aliphatic rings. The molecule has 10 nitrogen and oxygen atoms in total. The lowest BCUT2D eigenvalue weighted by Gasteiger charge is -2.02. The molecule has 0 spiro atoms. The number of ketones is 2. The van der Waals surface area contributed by atoms with E-state index in [0.717, 1.165) is 24.3 Å². The summed E-state index contributed by atoms with van der Waals surface area (Å²) in [6, 6.07) is 1.91. The van der Waals surface area contributed by atoms with E-state index in [1.54, 1.807) is 0 Å². The van der Waals surface area contributed by atoms with E-state index in [-0.39, 0.29) is 0 Å². The number of carbonyl (C=O) groups is 2. The fraction of sp³-hybridized carbons (Fsp3) is 0. The van der Waals surface area contributed by atoms with Gasteiger partial charge in [-0.2, -0.15) is 0 Å². The van der Waals surface area contributed by atoms with Crippen molar-refractivity contribution in [2.24, 2.45) is 0 Å². The lowest BCUT2D eigenvalue weighted by molar-refractivity contribution is -0.113. The number of hydrogen-bond acceptors (Lipinski definition) is 10. The predicted molar refractivity (Wildman–Crippen MR) is 73.8 cm³/mol. The van der Waals surface area contributed by atoms with E-state index in [2.05, 4.69) is 18.3 Å². The van der Waals surface area contributed by atoms with Crippen LogP contribution in [-0.2, 0) is 9.59 Å². The van der Waals surface area contributed by atoms with Gasteiger partial charge in [-0.1, -0.05) is 0 Å². The van der Waals surface area contributed by atoms with Crippen molar-refractivity contribution < 1.29 is 38.1 Å². The second kappa shape index (κ2) is 6.96. The summed E-state index contributed by atoms with van der Waals surface area (Å²) in [6.07, 6.45) is 2.64. The zero-order chi connectivity index (χ0) is 17.7. The van der Waals surface area contributed by atoms with Crippen molar-refractivity contribution in [2.45, 2.75) is 0 Å². The molecule has 0 aliphatic heterocycles. The molecule has 0 unspecified atom stereocenters. The number of aromatic hydroxyl groups is 2. The summed E-state index contributed by atoms with van der Waals surface area (Å²) in [5.74, 6) is -3.28. The number of allylic oxidation sites excluding steroid dienone is 4. The average Bonchev–Trinajstić information content (AvgIpc) is 2.55. The van der Waals surface area contributed by atoms with Gasteiger partial charge in [0.05, 0.1) is 5.56 Å². The summed E-state index contributed by atoms with van der Waals surface area (Å²) >= 11 is 0. The van der Waals surface area contributed by atoms with Crippen LogP contribution in [0.2, 0.25) is 0 Å². The normalized spacial score (nSPS) is 13.1. The molecule has 24 heavy (non-hydrogen) atoms. The first-order valence-electron chi connectivity index (χ1n) is 6.14. The average molecular weight is 336 g/mol. The van der Waals surface area contributed by atoms with Gasteiger partial charge < -0.3 is 10.2 Å². The molecule has 1 aromatic rings. The SMILES string of the molecule is O=C1C=CC(=O)C(c2cc(=O)ooc(O)ccc(O)ooc2=O)=C1. The topological polar surface area (TPSA) is 161 Å². The van der Waals surface area contributed by atoms with Gasteiger partial charge in [0.2, 0.25) is 0 Å². The maximum atomic E-state index is 11.9. The Kier molecular flexibility index (Phi) is 4.80. The fourth-order valence-corrected chi connectivity index (χ4v) is 1.52. The van der Waals surface area contributed by atoms with Crippen LogP contribution in [0.15, 0.2) is 64.3 Å². The van der Waals surface area contributed by atoms with Crippen LogP contribution in [-0.4, -0.2) is 21.8 Å².